The molecule has 0 saturated heterocycles. The fraction of sp³-hybridized carbons (Fsp3) is 0.286. The number of aldehydes is 1. The van der Waals surface area contributed by atoms with Crippen LogP contribution >= 0.6 is 11.3 Å². The van der Waals surface area contributed by atoms with Gasteiger partial charge >= 0.3 is 0 Å². The maximum Gasteiger partial charge on any atom is 0.150 e. The molecular formula is C7H9N3OS. The van der Waals surface area contributed by atoms with Gasteiger partial charge in [-0.05, 0) is 17.0 Å². The second-order valence-corrected chi connectivity index (χ2v) is 2.50. The van der Waals surface area contributed by atoms with E-state index in [2.05, 4.69) is 10.0 Å². The van der Waals surface area contributed by atoms with Gasteiger partial charge < -0.3 is 0 Å². The fourth-order valence-corrected chi connectivity index (χ4v) is 1.01. The summed E-state index contributed by atoms with van der Waals surface area (Å²) in [6.45, 7) is 2.34. The zero-order valence-electron chi connectivity index (χ0n) is 6.67. The maximum atomic E-state index is 9.87. The van der Waals surface area contributed by atoms with Gasteiger partial charge in [0.25, 0.3) is 0 Å². The summed E-state index contributed by atoms with van der Waals surface area (Å²) in [6, 6.07) is 1.79. The van der Waals surface area contributed by atoms with E-state index in [1.165, 1.54) is 11.3 Å². The van der Waals surface area contributed by atoms with E-state index in [4.69, 9.17) is 5.53 Å². The Balaban J connectivity index is 0.000000217. The number of rotatable bonds is 2. The maximum absolute atomic E-state index is 9.87. The van der Waals surface area contributed by atoms with Crippen LogP contribution in [0.2, 0.25) is 0 Å². The Morgan fingerprint density at radius 1 is 1.83 bits per heavy atom. The molecule has 1 rings (SSSR count). The molecule has 0 spiro atoms. The predicted octanol–water partition coefficient (Wildman–Crippen LogP) is 2.88. The second-order valence-electron chi connectivity index (χ2n) is 1.72. The Hall–Kier alpha value is -1.32. The number of carbonyl (C=O) groups excluding carboxylic acids is 1. The summed E-state index contributed by atoms with van der Waals surface area (Å²) < 4.78 is 0. The normalized spacial score (nSPS) is 7.42. The second kappa shape index (κ2) is 7.78. The van der Waals surface area contributed by atoms with Gasteiger partial charge in [0.1, 0.15) is 0 Å². The van der Waals surface area contributed by atoms with E-state index in [9.17, 15) is 4.79 Å². The van der Waals surface area contributed by atoms with Gasteiger partial charge in [-0.2, -0.15) is 11.3 Å². The minimum Gasteiger partial charge on any atom is -0.298 e. The van der Waals surface area contributed by atoms with Crippen molar-refractivity contribution >= 4 is 17.6 Å². The summed E-state index contributed by atoms with van der Waals surface area (Å²) in [4.78, 5) is 12.4. The zero-order chi connectivity index (χ0) is 9.23. The standard InChI is InChI=1S/C5H4OS.C2H5N3/c6-3-5-1-2-7-4-5;1-2-4-5-3/h1-4H;2H2,1H3. The summed E-state index contributed by atoms with van der Waals surface area (Å²) in [7, 11) is 0. The van der Waals surface area contributed by atoms with Crippen molar-refractivity contribution in [1.29, 1.82) is 0 Å². The Kier molecular flexibility index (Phi) is 6.93. The van der Waals surface area contributed by atoms with E-state index >= 15 is 0 Å². The summed E-state index contributed by atoms with van der Waals surface area (Å²) >= 11 is 1.53. The van der Waals surface area contributed by atoms with Crippen molar-refractivity contribution in [3.63, 3.8) is 0 Å². The molecule has 0 bridgehead atoms. The highest BCUT2D eigenvalue weighted by molar-refractivity contribution is 7.08. The molecular weight excluding hydrogens is 174 g/mol. The first-order valence-electron chi connectivity index (χ1n) is 3.33. The molecule has 0 aliphatic carbocycles. The van der Waals surface area contributed by atoms with Crippen LogP contribution in [-0.4, -0.2) is 12.8 Å². The number of azide groups is 1. The third-order valence-corrected chi connectivity index (χ3v) is 1.59. The summed E-state index contributed by atoms with van der Waals surface area (Å²) in [5.74, 6) is 0. The minimum absolute atomic E-state index is 0.552. The zero-order valence-corrected chi connectivity index (χ0v) is 7.49. The molecule has 1 aromatic heterocycles. The lowest BCUT2D eigenvalue weighted by atomic mass is 10.4. The van der Waals surface area contributed by atoms with E-state index in [0.717, 1.165) is 11.8 Å². The van der Waals surface area contributed by atoms with Crippen molar-refractivity contribution in [2.45, 2.75) is 6.92 Å². The van der Waals surface area contributed by atoms with Crippen molar-refractivity contribution in [3.8, 4) is 0 Å². The van der Waals surface area contributed by atoms with Crippen molar-refractivity contribution in [2.75, 3.05) is 6.54 Å². The minimum atomic E-state index is 0.552. The molecule has 0 aromatic carbocycles. The number of nitrogens with zero attached hydrogens (tertiary/aromatic N) is 3. The Bertz CT molecular complexity index is 252. The molecule has 5 heteroatoms. The predicted molar refractivity (Wildman–Crippen MR) is 49.4 cm³/mol. The van der Waals surface area contributed by atoms with Crippen LogP contribution in [0, 0.1) is 0 Å². The van der Waals surface area contributed by atoms with Crippen LogP contribution in [0.5, 0.6) is 0 Å². The monoisotopic (exact) mass is 183 g/mol. The van der Waals surface area contributed by atoms with Gasteiger partial charge in [0.2, 0.25) is 0 Å². The van der Waals surface area contributed by atoms with E-state index in [1.54, 1.807) is 13.0 Å². The summed E-state index contributed by atoms with van der Waals surface area (Å²) in [5, 5.41) is 6.84. The quantitative estimate of drug-likeness (QED) is 0.301. The highest BCUT2D eigenvalue weighted by Gasteiger charge is 1.82. The van der Waals surface area contributed by atoms with Gasteiger partial charge in [0.15, 0.2) is 6.29 Å². The molecule has 4 nitrogen and oxygen atoms in total. The molecule has 12 heavy (non-hydrogen) atoms. The first-order valence-corrected chi connectivity index (χ1v) is 4.27. The Morgan fingerprint density at radius 2 is 2.58 bits per heavy atom. The molecule has 1 aromatic rings. The summed E-state index contributed by atoms with van der Waals surface area (Å²) in [5.41, 5.74) is 8.29. The molecule has 0 aliphatic heterocycles. The van der Waals surface area contributed by atoms with E-state index in [-0.39, 0.29) is 0 Å². The molecule has 1 heterocycles. The molecule has 0 saturated carbocycles. The molecule has 0 atom stereocenters. The lowest BCUT2D eigenvalue weighted by Crippen LogP contribution is -1.64. The molecule has 0 aliphatic rings. The topological polar surface area (TPSA) is 65.8 Å². The average molecular weight is 183 g/mol. The third kappa shape index (κ3) is 5.46. The van der Waals surface area contributed by atoms with Gasteiger partial charge in [-0.15, -0.1) is 0 Å². The van der Waals surface area contributed by atoms with Gasteiger partial charge in [0.05, 0.1) is 0 Å². The van der Waals surface area contributed by atoms with Gasteiger partial charge in [0, 0.05) is 22.4 Å². The first-order chi connectivity index (χ1) is 5.85. The summed E-state index contributed by atoms with van der Waals surface area (Å²) in [6.07, 6.45) is 0.844. The molecule has 0 N–H and O–H groups in total. The van der Waals surface area contributed by atoms with Crippen molar-refractivity contribution in [1.82, 2.24) is 0 Å². The van der Waals surface area contributed by atoms with Gasteiger partial charge in [-0.1, -0.05) is 12.0 Å². The highest BCUT2D eigenvalue weighted by Crippen LogP contribution is 2.00. The molecule has 0 unspecified atom stereocenters. The number of carbonyl (C=O) groups is 1. The highest BCUT2D eigenvalue weighted by atomic mass is 32.1. The smallest absolute Gasteiger partial charge is 0.150 e. The average Bonchev–Trinajstić information content (AvgIpc) is 2.58. The van der Waals surface area contributed by atoms with Crippen molar-refractivity contribution in [2.24, 2.45) is 5.11 Å². The SMILES string of the molecule is CCN=[N+]=[N-].O=Cc1ccsc1. The number of hydrogen-bond acceptors (Lipinski definition) is 3. The van der Waals surface area contributed by atoms with Crippen LogP contribution in [0.3, 0.4) is 0 Å². The first kappa shape index (κ1) is 10.7. The Morgan fingerprint density at radius 3 is 2.75 bits per heavy atom. The number of hydrogen-bond donors (Lipinski definition) is 0. The fourth-order valence-electron chi connectivity index (χ4n) is 0.405. The van der Waals surface area contributed by atoms with Gasteiger partial charge in [-0.25, -0.2) is 0 Å². The molecule has 0 fully saturated rings. The third-order valence-electron chi connectivity index (χ3n) is 0.884. The van der Waals surface area contributed by atoms with Crippen LogP contribution < -0.4 is 0 Å². The number of thiophene rings is 1. The van der Waals surface area contributed by atoms with Crippen LogP contribution in [0.1, 0.15) is 17.3 Å². The van der Waals surface area contributed by atoms with Crippen molar-refractivity contribution < 1.29 is 4.79 Å². The largest absolute Gasteiger partial charge is 0.298 e. The lowest BCUT2D eigenvalue weighted by Gasteiger charge is -1.65. The van der Waals surface area contributed by atoms with Gasteiger partial charge in [-0.3, -0.25) is 4.79 Å². The van der Waals surface area contributed by atoms with E-state index < -0.39 is 0 Å². The van der Waals surface area contributed by atoms with Crippen LogP contribution in [0.15, 0.2) is 21.9 Å². The van der Waals surface area contributed by atoms with E-state index in [0.29, 0.717) is 6.54 Å². The molecule has 0 radical (unpaired) electrons. The van der Waals surface area contributed by atoms with E-state index in [1.807, 2.05) is 10.8 Å². The van der Waals surface area contributed by atoms with Crippen molar-refractivity contribution in [3.05, 3.63) is 32.8 Å². The molecule has 64 valence electrons. The lowest BCUT2D eigenvalue weighted by molar-refractivity contribution is 0.112. The van der Waals surface area contributed by atoms with Crippen LogP contribution in [-0.2, 0) is 0 Å². The van der Waals surface area contributed by atoms with Crippen LogP contribution in [0.25, 0.3) is 10.4 Å². The molecule has 0 amide bonds. The Labute approximate surface area is 74.5 Å². The van der Waals surface area contributed by atoms with Crippen LogP contribution in [0.4, 0.5) is 0 Å².